The van der Waals surface area contributed by atoms with Gasteiger partial charge in [0, 0.05) is 0 Å². The molecule has 0 aromatic heterocycles. The zero-order valence-electron chi connectivity index (χ0n) is 38.6. The molecule has 0 heterocycles. The Balaban J connectivity index is -0.000000722. The minimum absolute atomic E-state index is 0.0708. The molecule has 6 nitrogen and oxygen atoms in total. The number of hydrogen-bond acceptors (Lipinski definition) is 6. The minimum Gasteiger partial charge on any atom is -0.395 e. The first-order valence-corrected chi connectivity index (χ1v) is 20.8. The molecule has 0 aliphatic rings. The van der Waals surface area contributed by atoms with Gasteiger partial charge in [-0.25, -0.2) is 0 Å². The van der Waals surface area contributed by atoms with Gasteiger partial charge in [-0.3, -0.25) is 0 Å². The lowest BCUT2D eigenvalue weighted by molar-refractivity contribution is 0.160. The van der Waals surface area contributed by atoms with Gasteiger partial charge in [0.05, 0.1) is 72.1 Å². The first-order valence-electron chi connectivity index (χ1n) is 20.8. The van der Waals surface area contributed by atoms with Crippen LogP contribution in [-0.4, -0.2) is 70.3 Å². The maximum Gasteiger partial charge on any atom is 0.0594 e. The molecule has 0 aromatic rings. The van der Waals surface area contributed by atoms with Crippen LogP contribution in [0.3, 0.4) is 0 Å². The highest BCUT2D eigenvalue weighted by Crippen LogP contribution is 2.31. The summed E-state index contributed by atoms with van der Waals surface area (Å²) in [5.41, 5.74) is -2.16. The molecule has 0 saturated carbocycles. The highest BCUT2D eigenvalue weighted by molar-refractivity contribution is 5.19. The first-order chi connectivity index (χ1) is 24.5. The van der Waals surface area contributed by atoms with E-state index in [0.717, 1.165) is 38.5 Å². The Morgan fingerprint density at radius 3 is 0.407 bits per heavy atom. The van der Waals surface area contributed by atoms with E-state index >= 15 is 0 Å². The maximum absolute atomic E-state index is 9.52. The fourth-order valence-electron chi connectivity index (χ4n) is 7.24. The van der Waals surface area contributed by atoms with Crippen molar-refractivity contribution in [1.29, 1.82) is 0 Å². The van der Waals surface area contributed by atoms with Crippen molar-refractivity contribution in [3.05, 3.63) is 0 Å². The molecule has 0 aliphatic heterocycles. The minimum atomic E-state index is -0.360. The lowest BCUT2D eigenvalue weighted by Gasteiger charge is -2.26. The van der Waals surface area contributed by atoms with Gasteiger partial charge in [-0.2, -0.15) is 0 Å². The summed E-state index contributed by atoms with van der Waals surface area (Å²) in [6.45, 7) is 38.0. The van der Waals surface area contributed by atoms with Crippen LogP contribution in [0.5, 0.6) is 0 Å². The molecule has 0 aliphatic carbocycles. The SMILES string of the molecule is CC(C)CC(C)(C#CC(C)(CO)CC(C)C)CO.CC(C)CC(C)(C#CC(C)(CO)CC(C)C)CO.CC(C)CC(C)(C#CC(C)(CO)CC(C)C)CO. The van der Waals surface area contributed by atoms with Crippen molar-refractivity contribution in [2.24, 2.45) is 68.0 Å². The van der Waals surface area contributed by atoms with Crippen LogP contribution in [0.1, 0.15) is 163 Å². The van der Waals surface area contributed by atoms with Crippen molar-refractivity contribution >= 4 is 0 Å². The predicted molar refractivity (Wildman–Crippen MR) is 231 cm³/mol. The molecule has 6 atom stereocenters. The Kier molecular flexibility index (Phi) is 27.7. The van der Waals surface area contributed by atoms with Gasteiger partial charge < -0.3 is 30.6 Å². The van der Waals surface area contributed by atoms with E-state index in [9.17, 15) is 30.6 Å². The molecule has 6 unspecified atom stereocenters. The molecule has 0 fully saturated rings. The average molecular weight is 763 g/mol. The van der Waals surface area contributed by atoms with Crippen molar-refractivity contribution in [3.63, 3.8) is 0 Å². The monoisotopic (exact) mass is 763 g/mol. The zero-order chi connectivity index (χ0) is 43.2. The van der Waals surface area contributed by atoms with Gasteiger partial charge in [-0.05, 0) is 116 Å². The Morgan fingerprint density at radius 2 is 0.352 bits per heavy atom. The van der Waals surface area contributed by atoms with Crippen LogP contribution < -0.4 is 0 Å². The topological polar surface area (TPSA) is 121 Å². The third kappa shape index (κ3) is 27.1. The summed E-state index contributed by atoms with van der Waals surface area (Å²) >= 11 is 0. The molecule has 6 N–H and O–H groups in total. The summed E-state index contributed by atoms with van der Waals surface area (Å²) in [6.07, 6.45) is 5.25. The maximum atomic E-state index is 9.52. The largest absolute Gasteiger partial charge is 0.395 e. The van der Waals surface area contributed by atoms with Gasteiger partial charge in [-0.1, -0.05) is 119 Å². The fraction of sp³-hybridized carbons (Fsp3) is 0.875. The number of hydrogen-bond donors (Lipinski definition) is 6. The average Bonchev–Trinajstić information content (AvgIpc) is 3.04. The van der Waals surface area contributed by atoms with Crippen molar-refractivity contribution < 1.29 is 30.6 Å². The second-order valence-electron chi connectivity index (χ2n) is 20.7. The molecule has 0 radical (unpaired) electrons. The van der Waals surface area contributed by atoms with Crippen LogP contribution in [0.25, 0.3) is 0 Å². The van der Waals surface area contributed by atoms with Gasteiger partial charge in [0.2, 0.25) is 0 Å². The Hall–Kier alpha value is -1.56. The van der Waals surface area contributed by atoms with Gasteiger partial charge >= 0.3 is 0 Å². The van der Waals surface area contributed by atoms with Crippen LogP contribution in [-0.2, 0) is 0 Å². The lowest BCUT2D eigenvalue weighted by atomic mass is 9.79. The third-order valence-electron chi connectivity index (χ3n) is 9.24. The summed E-state index contributed by atoms with van der Waals surface area (Å²) < 4.78 is 0. The van der Waals surface area contributed by atoms with E-state index < -0.39 is 0 Å². The molecule has 0 saturated heterocycles. The van der Waals surface area contributed by atoms with Crippen LogP contribution in [0.15, 0.2) is 0 Å². The first kappa shape index (κ1) is 56.8. The molecular weight excluding hydrogens is 673 g/mol. The van der Waals surface area contributed by atoms with E-state index in [0.29, 0.717) is 35.5 Å². The fourth-order valence-corrected chi connectivity index (χ4v) is 7.24. The van der Waals surface area contributed by atoms with Crippen molar-refractivity contribution in [3.8, 4) is 35.5 Å². The summed E-state index contributed by atoms with van der Waals surface area (Å²) in [5, 5.41) is 57.1. The van der Waals surface area contributed by atoms with Crippen LogP contribution >= 0.6 is 0 Å². The van der Waals surface area contributed by atoms with Crippen LogP contribution in [0.4, 0.5) is 0 Å². The van der Waals surface area contributed by atoms with E-state index in [1.54, 1.807) is 0 Å². The molecule has 0 bridgehead atoms. The normalized spacial score (nSPS) is 18.1. The summed E-state index contributed by atoms with van der Waals surface area (Å²) in [4.78, 5) is 0. The van der Waals surface area contributed by atoms with E-state index in [-0.39, 0.29) is 72.1 Å². The Labute approximate surface area is 336 Å². The van der Waals surface area contributed by atoms with Crippen LogP contribution in [0, 0.1) is 104 Å². The molecule has 6 heteroatoms. The number of aliphatic hydroxyl groups is 6. The molecular formula is C48H90O6. The lowest BCUT2D eigenvalue weighted by Crippen LogP contribution is -2.25. The van der Waals surface area contributed by atoms with Gasteiger partial charge in [-0.15, -0.1) is 0 Å². The van der Waals surface area contributed by atoms with Crippen molar-refractivity contribution in [1.82, 2.24) is 0 Å². The van der Waals surface area contributed by atoms with E-state index in [4.69, 9.17) is 0 Å². The summed E-state index contributed by atoms with van der Waals surface area (Å²) in [5.74, 6) is 22.3. The van der Waals surface area contributed by atoms with Crippen molar-refractivity contribution in [2.75, 3.05) is 39.6 Å². The van der Waals surface area contributed by atoms with E-state index in [2.05, 4.69) is 119 Å². The third-order valence-corrected chi connectivity index (χ3v) is 9.24. The predicted octanol–water partition coefficient (Wildman–Crippen LogP) is 9.24. The van der Waals surface area contributed by atoms with E-state index in [1.807, 2.05) is 41.5 Å². The quantitative estimate of drug-likeness (QED) is 0.0775. The van der Waals surface area contributed by atoms with E-state index in [1.165, 1.54) is 0 Å². The Morgan fingerprint density at radius 1 is 0.259 bits per heavy atom. The molecule has 0 amide bonds. The highest BCUT2D eigenvalue weighted by Gasteiger charge is 2.28. The second-order valence-corrected chi connectivity index (χ2v) is 20.7. The number of rotatable bonds is 18. The van der Waals surface area contributed by atoms with Gasteiger partial charge in [0.1, 0.15) is 0 Å². The van der Waals surface area contributed by atoms with Gasteiger partial charge in [0.15, 0.2) is 0 Å². The summed E-state index contributed by atoms with van der Waals surface area (Å²) in [6, 6.07) is 0. The highest BCUT2D eigenvalue weighted by atomic mass is 16.3. The molecule has 0 aromatic carbocycles. The molecule has 54 heavy (non-hydrogen) atoms. The number of aliphatic hydroxyl groups excluding tert-OH is 6. The van der Waals surface area contributed by atoms with Crippen molar-refractivity contribution in [2.45, 2.75) is 163 Å². The standard InChI is InChI=1S/3C16H30O2/c3*1-13(2)9-15(5,11-17)7-8-16(6,12-18)10-14(3)4/h3*13-14,17-18H,9-12H2,1-6H3. The summed E-state index contributed by atoms with van der Waals surface area (Å²) in [7, 11) is 0. The smallest absolute Gasteiger partial charge is 0.0594 e. The van der Waals surface area contributed by atoms with Crippen LogP contribution in [0.2, 0.25) is 0 Å². The second kappa shape index (κ2) is 26.4. The molecule has 0 rings (SSSR count). The molecule has 0 spiro atoms. The Bertz CT molecular complexity index is 957. The molecule has 318 valence electrons. The van der Waals surface area contributed by atoms with Gasteiger partial charge in [0.25, 0.3) is 0 Å². The zero-order valence-corrected chi connectivity index (χ0v) is 38.6.